The smallest absolute Gasteiger partial charge is 0.223 e. The highest BCUT2D eigenvalue weighted by Crippen LogP contribution is 2.23. The molecule has 0 spiro atoms. The Morgan fingerprint density at radius 2 is 1.68 bits per heavy atom. The van der Waals surface area contributed by atoms with Gasteiger partial charge < -0.3 is 9.80 Å². The van der Waals surface area contributed by atoms with Crippen LogP contribution in [0, 0.1) is 13.8 Å². The predicted octanol–water partition coefficient (Wildman–Crippen LogP) is 3.46. The summed E-state index contributed by atoms with van der Waals surface area (Å²) in [4.78, 5) is 19.4. The summed E-state index contributed by atoms with van der Waals surface area (Å²) in [6.07, 6.45) is 2.74. The van der Waals surface area contributed by atoms with Crippen LogP contribution >= 0.6 is 0 Å². The van der Waals surface area contributed by atoms with Crippen LogP contribution in [0.25, 0.3) is 0 Å². The highest BCUT2D eigenvalue weighted by Gasteiger charge is 2.20. The average Bonchev–Trinajstić information content (AvgIpc) is 2.62. The number of amides is 1. The van der Waals surface area contributed by atoms with Gasteiger partial charge in [0.1, 0.15) is 0 Å². The molecule has 0 aliphatic carbocycles. The minimum Gasteiger partial charge on any atom is -0.369 e. The minimum absolute atomic E-state index is 0.320. The lowest BCUT2D eigenvalue weighted by atomic mass is 10.1. The number of nitrogens with zero attached hydrogens (tertiary/aromatic N) is 3. The second-order valence-corrected chi connectivity index (χ2v) is 7.18. The number of anilines is 1. The van der Waals surface area contributed by atoms with Crippen LogP contribution in [-0.2, 0) is 4.79 Å². The molecule has 1 heterocycles. The fourth-order valence-corrected chi connectivity index (χ4v) is 3.60. The molecule has 0 atom stereocenters. The highest BCUT2D eigenvalue weighted by atomic mass is 16.2. The van der Waals surface area contributed by atoms with Crippen LogP contribution < -0.4 is 4.90 Å². The van der Waals surface area contributed by atoms with Crippen molar-refractivity contribution in [3.8, 4) is 0 Å². The molecule has 1 aromatic carbocycles. The first-order valence-electron chi connectivity index (χ1n) is 9.88. The van der Waals surface area contributed by atoms with E-state index in [0.717, 1.165) is 58.7 Å². The second kappa shape index (κ2) is 9.81. The Bertz CT molecular complexity index is 544. The molecule has 0 unspecified atom stereocenters. The van der Waals surface area contributed by atoms with Crippen LogP contribution in [0.15, 0.2) is 18.2 Å². The maximum atomic E-state index is 12.4. The number of rotatable bonds is 8. The van der Waals surface area contributed by atoms with Crippen molar-refractivity contribution >= 4 is 11.6 Å². The molecule has 1 aromatic rings. The van der Waals surface area contributed by atoms with Gasteiger partial charge in [-0.2, -0.15) is 0 Å². The standard InChI is InChI=1S/C21H35N3O/c1-5-11-24(12-6-2)21(25)10-13-22-14-16-23(17-15-22)20-9-7-8-18(3)19(20)4/h7-9H,5-6,10-17H2,1-4H3. The van der Waals surface area contributed by atoms with Gasteiger partial charge in [-0.3, -0.25) is 9.69 Å². The van der Waals surface area contributed by atoms with Crippen LogP contribution in [0.5, 0.6) is 0 Å². The molecule has 4 nitrogen and oxygen atoms in total. The number of benzene rings is 1. The van der Waals surface area contributed by atoms with Crippen LogP contribution in [0.2, 0.25) is 0 Å². The van der Waals surface area contributed by atoms with E-state index in [9.17, 15) is 4.79 Å². The largest absolute Gasteiger partial charge is 0.369 e. The van der Waals surface area contributed by atoms with Crippen molar-refractivity contribution in [1.82, 2.24) is 9.80 Å². The molecule has 0 radical (unpaired) electrons. The summed E-state index contributed by atoms with van der Waals surface area (Å²) in [5, 5.41) is 0. The molecule has 25 heavy (non-hydrogen) atoms. The van der Waals surface area contributed by atoms with E-state index in [1.54, 1.807) is 0 Å². The first-order chi connectivity index (χ1) is 12.1. The fraction of sp³-hybridized carbons (Fsp3) is 0.667. The number of hydrogen-bond acceptors (Lipinski definition) is 3. The van der Waals surface area contributed by atoms with Crippen molar-refractivity contribution in [3.63, 3.8) is 0 Å². The van der Waals surface area contributed by atoms with Crippen LogP contribution in [0.4, 0.5) is 5.69 Å². The Kier molecular flexibility index (Phi) is 7.76. The molecular formula is C21H35N3O. The zero-order valence-corrected chi connectivity index (χ0v) is 16.6. The van der Waals surface area contributed by atoms with Gasteiger partial charge in [-0.1, -0.05) is 26.0 Å². The molecule has 0 N–H and O–H groups in total. The molecule has 4 heteroatoms. The number of hydrogen-bond donors (Lipinski definition) is 0. The van der Waals surface area contributed by atoms with Gasteiger partial charge in [0.25, 0.3) is 0 Å². The molecule has 0 saturated carbocycles. The van der Waals surface area contributed by atoms with Gasteiger partial charge in [0.15, 0.2) is 0 Å². The first-order valence-corrected chi connectivity index (χ1v) is 9.88. The van der Waals surface area contributed by atoms with Gasteiger partial charge >= 0.3 is 0 Å². The Morgan fingerprint density at radius 1 is 1.04 bits per heavy atom. The summed E-state index contributed by atoms with van der Waals surface area (Å²) >= 11 is 0. The van der Waals surface area contributed by atoms with E-state index < -0.39 is 0 Å². The van der Waals surface area contributed by atoms with E-state index >= 15 is 0 Å². The van der Waals surface area contributed by atoms with Crippen molar-refractivity contribution < 1.29 is 4.79 Å². The molecule has 2 rings (SSSR count). The van der Waals surface area contributed by atoms with Crippen LogP contribution in [0.3, 0.4) is 0 Å². The second-order valence-electron chi connectivity index (χ2n) is 7.18. The summed E-state index contributed by atoms with van der Waals surface area (Å²) in [6.45, 7) is 15.5. The molecule has 1 aliphatic heterocycles. The molecule has 0 bridgehead atoms. The number of carbonyl (C=O) groups is 1. The fourth-order valence-electron chi connectivity index (χ4n) is 3.60. The molecule has 140 valence electrons. The lowest BCUT2D eigenvalue weighted by molar-refractivity contribution is -0.131. The van der Waals surface area contributed by atoms with Gasteiger partial charge in [-0.25, -0.2) is 0 Å². The van der Waals surface area contributed by atoms with Crippen LogP contribution in [0.1, 0.15) is 44.2 Å². The number of aryl methyl sites for hydroxylation is 1. The van der Waals surface area contributed by atoms with Crippen molar-refractivity contribution in [2.45, 2.75) is 47.0 Å². The molecule has 1 aliphatic rings. The maximum Gasteiger partial charge on any atom is 0.223 e. The summed E-state index contributed by atoms with van der Waals surface area (Å²) in [5.41, 5.74) is 4.12. The van der Waals surface area contributed by atoms with Gasteiger partial charge in [-0.05, 0) is 43.9 Å². The third-order valence-electron chi connectivity index (χ3n) is 5.27. The number of piperazine rings is 1. The summed E-state index contributed by atoms with van der Waals surface area (Å²) < 4.78 is 0. The zero-order chi connectivity index (χ0) is 18.2. The first kappa shape index (κ1) is 19.8. The monoisotopic (exact) mass is 345 g/mol. The minimum atomic E-state index is 0.320. The van der Waals surface area contributed by atoms with E-state index in [2.05, 4.69) is 55.7 Å². The lowest BCUT2D eigenvalue weighted by Crippen LogP contribution is -2.47. The Balaban J connectivity index is 1.80. The Morgan fingerprint density at radius 3 is 2.28 bits per heavy atom. The SMILES string of the molecule is CCCN(CCC)C(=O)CCN1CCN(c2cccc(C)c2C)CC1. The number of carbonyl (C=O) groups excluding carboxylic acids is 1. The summed E-state index contributed by atoms with van der Waals surface area (Å²) in [6, 6.07) is 6.56. The van der Waals surface area contributed by atoms with Crippen molar-refractivity contribution in [2.24, 2.45) is 0 Å². The maximum absolute atomic E-state index is 12.4. The topological polar surface area (TPSA) is 26.8 Å². The molecule has 0 aromatic heterocycles. The molecular weight excluding hydrogens is 310 g/mol. The molecule has 1 amide bonds. The van der Waals surface area contributed by atoms with Crippen molar-refractivity contribution in [2.75, 3.05) is 50.7 Å². The quantitative estimate of drug-likeness (QED) is 0.722. The normalized spacial score (nSPS) is 15.4. The zero-order valence-electron chi connectivity index (χ0n) is 16.6. The van der Waals surface area contributed by atoms with Gasteiger partial charge in [0, 0.05) is 57.9 Å². The van der Waals surface area contributed by atoms with Crippen molar-refractivity contribution in [1.29, 1.82) is 0 Å². The summed E-state index contributed by atoms with van der Waals surface area (Å²) in [7, 11) is 0. The average molecular weight is 346 g/mol. The third-order valence-corrected chi connectivity index (χ3v) is 5.27. The lowest BCUT2D eigenvalue weighted by Gasteiger charge is -2.37. The third kappa shape index (κ3) is 5.46. The van der Waals surface area contributed by atoms with E-state index in [1.807, 2.05) is 4.90 Å². The van der Waals surface area contributed by atoms with Gasteiger partial charge in [0.2, 0.25) is 5.91 Å². The highest BCUT2D eigenvalue weighted by molar-refractivity contribution is 5.76. The van der Waals surface area contributed by atoms with Crippen LogP contribution in [-0.4, -0.2) is 61.5 Å². The summed E-state index contributed by atoms with van der Waals surface area (Å²) in [5.74, 6) is 0.320. The van der Waals surface area contributed by atoms with Crippen molar-refractivity contribution in [3.05, 3.63) is 29.3 Å². The van der Waals surface area contributed by atoms with E-state index in [0.29, 0.717) is 12.3 Å². The van der Waals surface area contributed by atoms with Gasteiger partial charge in [-0.15, -0.1) is 0 Å². The van der Waals surface area contributed by atoms with Gasteiger partial charge in [0.05, 0.1) is 0 Å². The van der Waals surface area contributed by atoms with E-state index in [1.165, 1.54) is 16.8 Å². The molecule has 1 saturated heterocycles. The van der Waals surface area contributed by atoms with E-state index in [-0.39, 0.29) is 0 Å². The molecule has 1 fully saturated rings. The van der Waals surface area contributed by atoms with E-state index in [4.69, 9.17) is 0 Å². The Labute approximate surface area is 153 Å². The Hall–Kier alpha value is -1.55. The predicted molar refractivity (Wildman–Crippen MR) is 106 cm³/mol.